The van der Waals surface area contributed by atoms with Crippen LogP contribution in [0.15, 0.2) is 30.5 Å². The summed E-state index contributed by atoms with van der Waals surface area (Å²) in [5.74, 6) is 0.183. The number of phenols is 1. The van der Waals surface area contributed by atoms with Gasteiger partial charge in [-0.1, -0.05) is 13.0 Å². The maximum absolute atomic E-state index is 12.2. The van der Waals surface area contributed by atoms with Crippen molar-refractivity contribution in [3.05, 3.63) is 48.9 Å². The molecule has 0 unspecified atom stereocenters. The van der Waals surface area contributed by atoms with Gasteiger partial charge in [0.25, 0.3) is 0 Å². The van der Waals surface area contributed by atoms with Gasteiger partial charge in [0.2, 0.25) is 0 Å². The Bertz CT molecular complexity index is 932. The van der Waals surface area contributed by atoms with E-state index in [2.05, 4.69) is 50.2 Å². The highest BCUT2D eigenvalue weighted by atomic mass is 127. The Hall–Kier alpha value is -1.16. The average molecular weight is 532 g/mol. The monoisotopic (exact) mass is 532 g/mol. The molecule has 0 bridgehead atoms. The van der Waals surface area contributed by atoms with E-state index in [0.717, 1.165) is 29.0 Å². The van der Waals surface area contributed by atoms with Crippen molar-refractivity contribution in [2.24, 2.45) is 0 Å². The number of phenolic OH excluding ortho intramolecular Hbond substituents is 1. The van der Waals surface area contributed by atoms with E-state index in [9.17, 15) is 9.90 Å². The lowest BCUT2D eigenvalue weighted by molar-refractivity contribution is 0.101. The van der Waals surface area contributed by atoms with Crippen molar-refractivity contribution in [3.63, 3.8) is 0 Å². The summed E-state index contributed by atoms with van der Waals surface area (Å²) >= 11 is 4.16. The molecule has 4 nitrogen and oxygen atoms in total. The van der Waals surface area contributed by atoms with Crippen LogP contribution < -0.4 is 0 Å². The zero-order chi connectivity index (χ0) is 16.7. The Morgan fingerprint density at radius 2 is 2.09 bits per heavy atom. The minimum Gasteiger partial charge on any atom is -0.506 e. The lowest BCUT2D eigenvalue weighted by Crippen LogP contribution is -2.04. The maximum Gasteiger partial charge on any atom is 0.160 e. The molecule has 0 fully saturated rings. The van der Waals surface area contributed by atoms with Gasteiger partial charge in [-0.2, -0.15) is 0 Å². The maximum atomic E-state index is 12.2. The molecular formula is C17H14I2N2O2. The molecule has 3 rings (SSSR count). The normalized spacial score (nSPS) is 11.1. The first kappa shape index (κ1) is 16.7. The predicted octanol–water partition coefficient (Wildman–Crippen LogP) is 4.68. The number of aromatic nitrogens is 2. The number of benzene rings is 1. The lowest BCUT2D eigenvalue weighted by atomic mass is 9.99. The molecule has 0 amide bonds. The SMILES string of the molecule is CCc1nc2ccccn2c1-c1c(C(C)=O)cc(I)c(O)c1I. The molecule has 0 aliphatic rings. The van der Waals surface area contributed by atoms with Gasteiger partial charge in [0.05, 0.1) is 18.5 Å². The fourth-order valence-electron chi connectivity index (χ4n) is 2.67. The fourth-order valence-corrected chi connectivity index (χ4v) is 4.61. The highest BCUT2D eigenvalue weighted by Gasteiger charge is 2.23. The minimum absolute atomic E-state index is 0.0243. The molecule has 0 atom stereocenters. The molecule has 0 saturated carbocycles. The second kappa shape index (κ2) is 6.39. The molecule has 118 valence electrons. The average Bonchev–Trinajstić information content (AvgIpc) is 2.90. The molecule has 2 aromatic heterocycles. The number of ketones is 1. The number of halogens is 2. The van der Waals surface area contributed by atoms with E-state index in [-0.39, 0.29) is 11.5 Å². The van der Waals surface area contributed by atoms with Crippen molar-refractivity contribution >= 4 is 56.6 Å². The Morgan fingerprint density at radius 1 is 1.35 bits per heavy atom. The molecule has 6 heteroatoms. The molecule has 0 radical (unpaired) electrons. The first-order valence-electron chi connectivity index (χ1n) is 7.14. The standard InChI is InChI=1S/C17H14I2N2O2/c1-3-12-16(21-7-5-4-6-13(21)20-12)14-10(9(2)22)8-11(18)17(23)15(14)19/h4-8,23H,3H2,1-2H3. The molecule has 0 spiro atoms. The third-order valence-corrected chi connectivity index (χ3v) is 5.62. The van der Waals surface area contributed by atoms with Crippen LogP contribution in [-0.4, -0.2) is 20.3 Å². The van der Waals surface area contributed by atoms with E-state index < -0.39 is 0 Å². The van der Waals surface area contributed by atoms with Gasteiger partial charge in [-0.05, 0) is 76.7 Å². The molecule has 0 aliphatic carbocycles. The Morgan fingerprint density at radius 3 is 2.74 bits per heavy atom. The predicted molar refractivity (Wildman–Crippen MR) is 107 cm³/mol. The number of carbonyl (C=O) groups is 1. The summed E-state index contributed by atoms with van der Waals surface area (Å²) in [6, 6.07) is 7.56. The van der Waals surface area contributed by atoms with Crippen LogP contribution in [0.1, 0.15) is 29.9 Å². The summed E-state index contributed by atoms with van der Waals surface area (Å²) in [4.78, 5) is 16.9. The molecule has 0 aliphatic heterocycles. The first-order valence-corrected chi connectivity index (χ1v) is 9.29. The number of hydrogen-bond donors (Lipinski definition) is 1. The molecule has 3 aromatic rings. The number of pyridine rings is 1. The third-order valence-electron chi connectivity index (χ3n) is 3.75. The van der Waals surface area contributed by atoms with Crippen molar-refractivity contribution in [2.75, 3.05) is 0 Å². The summed E-state index contributed by atoms with van der Waals surface area (Å²) in [6.07, 6.45) is 2.68. The van der Waals surface area contributed by atoms with Crippen LogP contribution in [0.25, 0.3) is 16.9 Å². The smallest absolute Gasteiger partial charge is 0.160 e. The number of hydrogen-bond acceptors (Lipinski definition) is 3. The Labute approximate surface area is 161 Å². The van der Waals surface area contributed by atoms with Gasteiger partial charge in [-0.15, -0.1) is 0 Å². The fraction of sp³-hybridized carbons (Fsp3) is 0.176. The molecule has 23 heavy (non-hydrogen) atoms. The largest absolute Gasteiger partial charge is 0.506 e. The van der Waals surface area contributed by atoms with E-state index in [0.29, 0.717) is 12.7 Å². The van der Waals surface area contributed by atoms with Crippen molar-refractivity contribution in [1.82, 2.24) is 9.38 Å². The van der Waals surface area contributed by atoms with Crippen molar-refractivity contribution < 1.29 is 9.90 Å². The topological polar surface area (TPSA) is 54.6 Å². The molecule has 1 aromatic carbocycles. The van der Waals surface area contributed by atoms with Crippen molar-refractivity contribution in [3.8, 4) is 17.0 Å². The van der Waals surface area contributed by atoms with Crippen LogP contribution in [0.4, 0.5) is 0 Å². The lowest BCUT2D eigenvalue weighted by Gasteiger charge is -2.14. The number of Topliss-reactive ketones (excluding diaryl/α,β-unsaturated/α-hetero) is 1. The molecule has 0 saturated heterocycles. The van der Waals surface area contributed by atoms with Gasteiger partial charge in [0.1, 0.15) is 11.4 Å². The van der Waals surface area contributed by atoms with Crippen LogP contribution >= 0.6 is 45.2 Å². The summed E-state index contributed by atoms with van der Waals surface area (Å²) < 4.78 is 3.34. The van der Waals surface area contributed by atoms with Gasteiger partial charge < -0.3 is 5.11 Å². The first-order chi connectivity index (χ1) is 11.0. The number of carbonyl (C=O) groups excluding carboxylic acids is 1. The van der Waals surface area contributed by atoms with Gasteiger partial charge >= 0.3 is 0 Å². The van der Waals surface area contributed by atoms with Gasteiger partial charge in [0.15, 0.2) is 5.78 Å². The van der Waals surface area contributed by atoms with Crippen molar-refractivity contribution in [2.45, 2.75) is 20.3 Å². The van der Waals surface area contributed by atoms with E-state index in [4.69, 9.17) is 0 Å². The summed E-state index contributed by atoms with van der Waals surface area (Å²) in [5.41, 5.74) is 3.99. The Kier molecular flexibility index (Phi) is 4.63. The molecular weight excluding hydrogens is 518 g/mol. The number of aryl methyl sites for hydroxylation is 1. The van der Waals surface area contributed by atoms with Crippen LogP contribution in [0.3, 0.4) is 0 Å². The van der Waals surface area contributed by atoms with Crippen LogP contribution in [-0.2, 0) is 6.42 Å². The summed E-state index contributed by atoms with van der Waals surface area (Å²) in [5, 5.41) is 10.4. The zero-order valence-corrected chi connectivity index (χ0v) is 16.9. The number of rotatable bonds is 3. The van der Waals surface area contributed by atoms with E-state index in [1.165, 1.54) is 0 Å². The molecule has 1 N–H and O–H groups in total. The van der Waals surface area contributed by atoms with Gasteiger partial charge in [0, 0.05) is 17.3 Å². The minimum atomic E-state index is -0.0243. The second-order valence-corrected chi connectivity index (χ2v) is 7.43. The summed E-state index contributed by atoms with van der Waals surface area (Å²) in [6.45, 7) is 3.59. The van der Waals surface area contributed by atoms with Crippen LogP contribution in [0.2, 0.25) is 0 Å². The van der Waals surface area contributed by atoms with Crippen molar-refractivity contribution in [1.29, 1.82) is 0 Å². The van der Waals surface area contributed by atoms with E-state index >= 15 is 0 Å². The number of imidazole rings is 1. The number of fused-ring (bicyclic) bond motifs is 1. The third kappa shape index (κ3) is 2.75. The Balaban J connectivity index is 2.48. The highest BCUT2D eigenvalue weighted by Crippen LogP contribution is 2.39. The summed E-state index contributed by atoms with van der Waals surface area (Å²) in [7, 11) is 0. The van der Waals surface area contributed by atoms with Gasteiger partial charge in [-0.25, -0.2) is 4.98 Å². The van der Waals surface area contributed by atoms with Crippen LogP contribution in [0, 0.1) is 7.14 Å². The van der Waals surface area contributed by atoms with E-state index in [1.807, 2.05) is 35.7 Å². The number of nitrogens with zero attached hydrogens (tertiary/aromatic N) is 2. The quantitative estimate of drug-likeness (QED) is 0.394. The number of aromatic hydroxyl groups is 1. The second-order valence-electron chi connectivity index (χ2n) is 5.19. The highest BCUT2D eigenvalue weighted by molar-refractivity contribution is 14.1. The van der Waals surface area contributed by atoms with Crippen LogP contribution in [0.5, 0.6) is 5.75 Å². The zero-order valence-electron chi connectivity index (χ0n) is 12.6. The van der Waals surface area contributed by atoms with Gasteiger partial charge in [-0.3, -0.25) is 9.20 Å². The van der Waals surface area contributed by atoms with E-state index in [1.54, 1.807) is 13.0 Å². The molecule has 2 heterocycles.